The lowest BCUT2D eigenvalue weighted by molar-refractivity contribution is -0.116. The lowest BCUT2D eigenvalue weighted by Gasteiger charge is -2.05. The van der Waals surface area contributed by atoms with Crippen molar-refractivity contribution in [3.8, 4) is 0 Å². The van der Waals surface area contributed by atoms with Crippen molar-refractivity contribution < 1.29 is 13.2 Å². The van der Waals surface area contributed by atoms with Crippen molar-refractivity contribution in [1.82, 2.24) is 9.97 Å². The molecule has 0 aliphatic heterocycles. The van der Waals surface area contributed by atoms with Gasteiger partial charge in [-0.15, -0.1) is 0 Å². The third-order valence-corrected chi connectivity index (χ3v) is 4.93. The molecule has 0 spiro atoms. The SMILES string of the molecule is Cc1ccc(NC(=O)CCNc2ncc(S(N)(=O)=O)s2)nc1. The number of nitrogens with one attached hydrogen (secondary N) is 2. The number of nitrogens with two attached hydrogens (primary N) is 1. The Morgan fingerprint density at radius 3 is 2.68 bits per heavy atom. The molecular formula is C12H15N5O3S2. The van der Waals surface area contributed by atoms with Crippen LogP contribution in [0.1, 0.15) is 12.0 Å². The minimum absolute atomic E-state index is 0.0247. The van der Waals surface area contributed by atoms with Crippen LogP contribution in [0, 0.1) is 6.92 Å². The summed E-state index contributed by atoms with van der Waals surface area (Å²) in [6, 6.07) is 3.57. The van der Waals surface area contributed by atoms with E-state index in [4.69, 9.17) is 5.14 Å². The number of amides is 1. The first kappa shape index (κ1) is 16.3. The highest BCUT2D eigenvalue weighted by molar-refractivity contribution is 7.91. The molecule has 0 aliphatic carbocycles. The van der Waals surface area contributed by atoms with Gasteiger partial charge in [0.15, 0.2) is 9.34 Å². The maximum atomic E-state index is 11.7. The zero-order chi connectivity index (χ0) is 16.2. The maximum absolute atomic E-state index is 11.7. The van der Waals surface area contributed by atoms with E-state index in [2.05, 4.69) is 20.6 Å². The number of carbonyl (C=O) groups is 1. The Morgan fingerprint density at radius 1 is 1.32 bits per heavy atom. The summed E-state index contributed by atoms with van der Waals surface area (Å²) in [6.07, 6.45) is 3.04. The molecule has 0 aromatic carbocycles. The van der Waals surface area contributed by atoms with Gasteiger partial charge in [-0.25, -0.2) is 23.5 Å². The highest BCUT2D eigenvalue weighted by atomic mass is 32.2. The standard InChI is InChI=1S/C12H15N5O3S2/c1-8-2-3-9(15-6-8)17-10(18)4-5-14-12-16-7-11(21-12)22(13,19)20/h2-3,6-7H,4-5H2,1H3,(H,14,16)(H2,13,19,20)(H,15,17,18). The van der Waals surface area contributed by atoms with Gasteiger partial charge in [0.2, 0.25) is 15.9 Å². The van der Waals surface area contributed by atoms with Gasteiger partial charge in [0, 0.05) is 19.2 Å². The molecule has 22 heavy (non-hydrogen) atoms. The van der Waals surface area contributed by atoms with Crippen LogP contribution in [0.3, 0.4) is 0 Å². The van der Waals surface area contributed by atoms with Crippen LogP contribution >= 0.6 is 11.3 Å². The molecule has 0 radical (unpaired) electrons. The number of anilines is 2. The second-order valence-corrected chi connectivity index (χ2v) is 7.29. The van der Waals surface area contributed by atoms with Gasteiger partial charge in [-0.2, -0.15) is 0 Å². The summed E-state index contributed by atoms with van der Waals surface area (Å²) in [6.45, 7) is 2.22. The van der Waals surface area contributed by atoms with Crippen LogP contribution in [0.15, 0.2) is 28.7 Å². The molecule has 0 bridgehead atoms. The van der Waals surface area contributed by atoms with Crippen molar-refractivity contribution in [2.24, 2.45) is 5.14 Å². The second kappa shape index (κ2) is 6.81. The average molecular weight is 341 g/mol. The Morgan fingerprint density at radius 2 is 2.09 bits per heavy atom. The van der Waals surface area contributed by atoms with Crippen LogP contribution in [0.2, 0.25) is 0 Å². The Balaban J connectivity index is 1.79. The Kier molecular flexibility index (Phi) is 5.06. The molecule has 2 aromatic heterocycles. The molecule has 0 saturated carbocycles. The predicted molar refractivity (Wildman–Crippen MR) is 84.2 cm³/mol. The third kappa shape index (κ3) is 4.76. The number of aryl methyl sites for hydroxylation is 1. The number of hydrogen-bond acceptors (Lipinski definition) is 7. The molecule has 0 atom stereocenters. The van der Waals surface area contributed by atoms with Crippen molar-refractivity contribution in [2.75, 3.05) is 17.2 Å². The van der Waals surface area contributed by atoms with E-state index in [1.54, 1.807) is 12.3 Å². The zero-order valence-electron chi connectivity index (χ0n) is 11.7. The molecule has 10 heteroatoms. The van der Waals surface area contributed by atoms with Crippen LogP contribution in [0.5, 0.6) is 0 Å². The Labute approximate surface area is 131 Å². The van der Waals surface area contributed by atoms with E-state index in [1.165, 1.54) is 6.20 Å². The number of hydrogen-bond donors (Lipinski definition) is 3. The van der Waals surface area contributed by atoms with E-state index in [-0.39, 0.29) is 16.5 Å². The number of aromatic nitrogens is 2. The molecule has 0 aliphatic rings. The molecule has 2 rings (SSSR count). The molecule has 0 fully saturated rings. The smallest absolute Gasteiger partial charge is 0.249 e. The van der Waals surface area contributed by atoms with Crippen LogP contribution in [0.25, 0.3) is 0 Å². The van der Waals surface area contributed by atoms with Crippen molar-refractivity contribution in [2.45, 2.75) is 17.6 Å². The number of thiazole rings is 1. The lowest BCUT2D eigenvalue weighted by Crippen LogP contribution is -2.16. The Hall–Kier alpha value is -2.04. The monoisotopic (exact) mass is 341 g/mol. The van der Waals surface area contributed by atoms with E-state index >= 15 is 0 Å². The van der Waals surface area contributed by atoms with Gasteiger partial charge in [0.25, 0.3) is 0 Å². The maximum Gasteiger partial charge on any atom is 0.249 e. The number of pyridine rings is 1. The van der Waals surface area contributed by atoms with Crippen molar-refractivity contribution in [3.63, 3.8) is 0 Å². The highest BCUT2D eigenvalue weighted by Gasteiger charge is 2.12. The minimum Gasteiger partial charge on any atom is -0.361 e. The molecule has 2 aromatic rings. The summed E-state index contributed by atoms with van der Waals surface area (Å²) >= 11 is 0.918. The summed E-state index contributed by atoms with van der Waals surface area (Å²) in [5.74, 6) is 0.286. The lowest BCUT2D eigenvalue weighted by atomic mass is 10.3. The summed E-state index contributed by atoms with van der Waals surface area (Å²) < 4.78 is 22.2. The molecule has 1 amide bonds. The minimum atomic E-state index is -3.74. The molecule has 8 nitrogen and oxygen atoms in total. The van der Waals surface area contributed by atoms with Gasteiger partial charge in [-0.3, -0.25) is 4.79 Å². The van der Waals surface area contributed by atoms with E-state index in [0.29, 0.717) is 17.5 Å². The summed E-state index contributed by atoms with van der Waals surface area (Å²) in [5, 5.41) is 10.9. The zero-order valence-corrected chi connectivity index (χ0v) is 13.4. The predicted octanol–water partition coefficient (Wildman–Crippen LogP) is 0.935. The van der Waals surface area contributed by atoms with Crippen molar-refractivity contribution in [1.29, 1.82) is 0 Å². The van der Waals surface area contributed by atoms with Crippen LogP contribution in [0.4, 0.5) is 10.9 Å². The molecule has 2 heterocycles. The molecule has 4 N–H and O–H groups in total. The van der Waals surface area contributed by atoms with Gasteiger partial charge in [0.1, 0.15) is 5.82 Å². The third-order valence-electron chi connectivity index (χ3n) is 2.57. The highest BCUT2D eigenvalue weighted by Crippen LogP contribution is 2.21. The molecular weight excluding hydrogens is 326 g/mol. The molecule has 118 valence electrons. The van der Waals surface area contributed by atoms with Crippen LogP contribution in [-0.2, 0) is 14.8 Å². The van der Waals surface area contributed by atoms with Crippen molar-refractivity contribution >= 4 is 38.2 Å². The fourth-order valence-electron chi connectivity index (χ4n) is 1.50. The van der Waals surface area contributed by atoms with Gasteiger partial charge in [-0.1, -0.05) is 17.4 Å². The van der Waals surface area contributed by atoms with Gasteiger partial charge in [-0.05, 0) is 18.6 Å². The van der Waals surface area contributed by atoms with Crippen LogP contribution in [-0.4, -0.2) is 30.8 Å². The number of rotatable bonds is 6. The average Bonchev–Trinajstić information content (AvgIpc) is 2.90. The summed E-state index contributed by atoms with van der Waals surface area (Å²) in [4.78, 5) is 19.7. The largest absolute Gasteiger partial charge is 0.361 e. The van der Waals surface area contributed by atoms with Crippen molar-refractivity contribution in [3.05, 3.63) is 30.1 Å². The first-order chi connectivity index (χ1) is 10.3. The van der Waals surface area contributed by atoms with E-state index < -0.39 is 10.0 Å². The van der Waals surface area contributed by atoms with E-state index in [9.17, 15) is 13.2 Å². The first-order valence-electron chi connectivity index (χ1n) is 6.29. The Bertz CT molecular complexity index is 755. The van der Waals surface area contributed by atoms with E-state index in [1.807, 2.05) is 13.0 Å². The molecule has 0 saturated heterocycles. The number of primary sulfonamides is 1. The topological polar surface area (TPSA) is 127 Å². The first-order valence-corrected chi connectivity index (χ1v) is 8.66. The van der Waals surface area contributed by atoms with Gasteiger partial charge in [0.05, 0.1) is 6.20 Å². The van der Waals surface area contributed by atoms with Crippen LogP contribution < -0.4 is 15.8 Å². The molecule has 0 unspecified atom stereocenters. The quantitative estimate of drug-likeness (QED) is 0.717. The second-order valence-electron chi connectivity index (χ2n) is 4.48. The number of sulfonamides is 1. The normalized spacial score (nSPS) is 11.2. The summed E-state index contributed by atoms with van der Waals surface area (Å²) in [5.41, 5.74) is 1.01. The van der Waals surface area contributed by atoms with Gasteiger partial charge < -0.3 is 10.6 Å². The van der Waals surface area contributed by atoms with E-state index in [0.717, 1.165) is 16.9 Å². The number of carbonyl (C=O) groups excluding carboxylic acids is 1. The fourth-order valence-corrected chi connectivity index (χ4v) is 2.98. The fraction of sp³-hybridized carbons (Fsp3) is 0.250. The summed E-state index contributed by atoms with van der Waals surface area (Å²) in [7, 11) is -3.74. The number of nitrogens with zero attached hydrogens (tertiary/aromatic N) is 2. The van der Waals surface area contributed by atoms with Gasteiger partial charge >= 0.3 is 0 Å².